The highest BCUT2D eigenvalue weighted by molar-refractivity contribution is 6.33. The van der Waals surface area contributed by atoms with Gasteiger partial charge in [-0.15, -0.1) is 0 Å². The van der Waals surface area contributed by atoms with Crippen molar-refractivity contribution >= 4 is 17.2 Å². The number of hydrogen-bond acceptors (Lipinski definition) is 2. The van der Waals surface area contributed by atoms with Crippen molar-refractivity contribution < 1.29 is 8.78 Å². The first-order chi connectivity index (χ1) is 8.65. The fourth-order valence-corrected chi connectivity index (χ4v) is 2.07. The van der Waals surface area contributed by atoms with Crippen LogP contribution in [0.1, 0.15) is 0 Å². The molecule has 90 valence electrons. The van der Waals surface area contributed by atoms with E-state index in [0.717, 1.165) is 0 Å². The molecule has 3 nitrogen and oxygen atoms in total. The molecule has 1 aromatic carbocycles. The largest absolute Gasteiger partial charge is 0.218 e. The molecule has 18 heavy (non-hydrogen) atoms. The van der Waals surface area contributed by atoms with Gasteiger partial charge in [-0.2, -0.15) is 5.10 Å². The van der Waals surface area contributed by atoms with Gasteiger partial charge in [0.15, 0.2) is 5.65 Å². The average molecular weight is 266 g/mol. The fourth-order valence-electron chi connectivity index (χ4n) is 1.80. The van der Waals surface area contributed by atoms with E-state index in [1.807, 2.05) is 0 Å². The molecule has 0 radical (unpaired) electrons. The Bertz CT molecular complexity index is 739. The van der Waals surface area contributed by atoms with E-state index in [4.69, 9.17) is 11.6 Å². The van der Waals surface area contributed by atoms with Crippen LogP contribution in [0.4, 0.5) is 8.78 Å². The molecule has 0 saturated heterocycles. The van der Waals surface area contributed by atoms with Gasteiger partial charge in [0.2, 0.25) is 0 Å². The van der Waals surface area contributed by atoms with Crippen molar-refractivity contribution in [3.8, 4) is 11.1 Å². The third-order valence-corrected chi connectivity index (χ3v) is 2.88. The van der Waals surface area contributed by atoms with E-state index >= 15 is 0 Å². The summed E-state index contributed by atoms with van der Waals surface area (Å²) in [7, 11) is 0. The van der Waals surface area contributed by atoms with Gasteiger partial charge in [0.1, 0.15) is 18.0 Å². The van der Waals surface area contributed by atoms with E-state index in [1.165, 1.54) is 41.3 Å². The standard InChI is InChI=1S/C12H6ClF2N3/c13-11-4-7(14)1-2-9(11)10-3-8(15)5-18-12(10)16-6-17-18/h1-6H. The van der Waals surface area contributed by atoms with Crippen LogP contribution in [0.15, 0.2) is 36.8 Å². The van der Waals surface area contributed by atoms with Crippen LogP contribution in [0.25, 0.3) is 16.8 Å². The number of aromatic nitrogens is 3. The maximum absolute atomic E-state index is 13.5. The Morgan fingerprint density at radius 3 is 2.67 bits per heavy atom. The van der Waals surface area contributed by atoms with Gasteiger partial charge in [-0.25, -0.2) is 18.3 Å². The lowest BCUT2D eigenvalue weighted by Crippen LogP contribution is -1.93. The Kier molecular flexibility index (Phi) is 2.48. The third-order valence-electron chi connectivity index (χ3n) is 2.56. The zero-order chi connectivity index (χ0) is 12.7. The van der Waals surface area contributed by atoms with E-state index < -0.39 is 11.6 Å². The van der Waals surface area contributed by atoms with Crippen LogP contribution in [0.5, 0.6) is 0 Å². The van der Waals surface area contributed by atoms with Gasteiger partial charge in [-0.05, 0) is 24.3 Å². The van der Waals surface area contributed by atoms with Gasteiger partial charge in [0, 0.05) is 11.1 Å². The average Bonchev–Trinajstić information content (AvgIpc) is 2.76. The van der Waals surface area contributed by atoms with Crippen molar-refractivity contribution in [1.29, 1.82) is 0 Å². The number of halogens is 3. The van der Waals surface area contributed by atoms with Gasteiger partial charge in [-0.1, -0.05) is 11.6 Å². The topological polar surface area (TPSA) is 30.2 Å². The predicted octanol–water partition coefficient (Wildman–Crippen LogP) is 3.33. The van der Waals surface area contributed by atoms with Crippen molar-refractivity contribution in [3.63, 3.8) is 0 Å². The smallest absolute Gasteiger partial charge is 0.163 e. The van der Waals surface area contributed by atoms with Crippen LogP contribution >= 0.6 is 11.6 Å². The van der Waals surface area contributed by atoms with Crippen LogP contribution in [0.3, 0.4) is 0 Å². The normalized spacial score (nSPS) is 11.1. The molecule has 0 saturated carbocycles. The van der Waals surface area contributed by atoms with E-state index in [2.05, 4.69) is 10.1 Å². The van der Waals surface area contributed by atoms with Crippen molar-refractivity contribution in [2.24, 2.45) is 0 Å². The number of hydrogen-bond donors (Lipinski definition) is 0. The molecule has 0 bridgehead atoms. The molecule has 6 heteroatoms. The Labute approximate surface area is 106 Å². The highest BCUT2D eigenvalue weighted by atomic mass is 35.5. The molecule has 0 fully saturated rings. The molecule has 0 aliphatic rings. The number of pyridine rings is 1. The lowest BCUT2D eigenvalue weighted by molar-refractivity contribution is 0.615. The molecular weight excluding hydrogens is 260 g/mol. The number of benzene rings is 1. The molecule has 0 aliphatic heterocycles. The summed E-state index contributed by atoms with van der Waals surface area (Å²) in [6.45, 7) is 0. The van der Waals surface area contributed by atoms with Crippen LogP contribution in [-0.2, 0) is 0 Å². The molecule has 0 amide bonds. The SMILES string of the molecule is Fc1ccc(-c2cc(F)cn3ncnc23)c(Cl)c1. The van der Waals surface area contributed by atoms with E-state index in [1.54, 1.807) is 0 Å². The Balaban J connectivity index is 2.33. The first kappa shape index (κ1) is 11.1. The highest BCUT2D eigenvalue weighted by Crippen LogP contribution is 2.31. The first-order valence-corrected chi connectivity index (χ1v) is 5.47. The van der Waals surface area contributed by atoms with Crippen molar-refractivity contribution in [3.05, 3.63) is 53.4 Å². The van der Waals surface area contributed by atoms with E-state index in [-0.39, 0.29) is 5.02 Å². The summed E-state index contributed by atoms with van der Waals surface area (Å²) in [5.41, 5.74) is 1.44. The minimum absolute atomic E-state index is 0.200. The molecule has 2 heterocycles. The Morgan fingerprint density at radius 1 is 1.06 bits per heavy atom. The van der Waals surface area contributed by atoms with E-state index in [0.29, 0.717) is 16.8 Å². The van der Waals surface area contributed by atoms with Gasteiger partial charge in [0.25, 0.3) is 0 Å². The summed E-state index contributed by atoms with van der Waals surface area (Å²) in [5.74, 6) is -0.916. The van der Waals surface area contributed by atoms with Crippen molar-refractivity contribution in [2.75, 3.05) is 0 Å². The Morgan fingerprint density at radius 2 is 1.89 bits per heavy atom. The van der Waals surface area contributed by atoms with Crippen LogP contribution in [-0.4, -0.2) is 14.6 Å². The molecule has 3 aromatic rings. The lowest BCUT2D eigenvalue weighted by Gasteiger charge is -2.06. The summed E-state index contributed by atoms with van der Waals surface area (Å²) in [6.07, 6.45) is 2.53. The quantitative estimate of drug-likeness (QED) is 0.676. The summed E-state index contributed by atoms with van der Waals surface area (Å²) in [4.78, 5) is 4.03. The molecule has 2 aromatic heterocycles. The zero-order valence-electron chi connectivity index (χ0n) is 8.94. The van der Waals surface area contributed by atoms with Crippen molar-refractivity contribution in [1.82, 2.24) is 14.6 Å². The third kappa shape index (κ3) is 1.73. The second-order valence-electron chi connectivity index (χ2n) is 3.72. The van der Waals surface area contributed by atoms with Crippen molar-refractivity contribution in [2.45, 2.75) is 0 Å². The van der Waals surface area contributed by atoms with E-state index in [9.17, 15) is 8.78 Å². The first-order valence-electron chi connectivity index (χ1n) is 5.09. The van der Waals surface area contributed by atoms with Gasteiger partial charge < -0.3 is 0 Å². The maximum Gasteiger partial charge on any atom is 0.163 e. The summed E-state index contributed by atoms with van der Waals surface area (Å²) < 4.78 is 27.8. The molecule has 0 N–H and O–H groups in total. The second-order valence-corrected chi connectivity index (χ2v) is 4.13. The monoisotopic (exact) mass is 265 g/mol. The molecule has 0 aliphatic carbocycles. The summed E-state index contributed by atoms with van der Waals surface area (Å²) in [6, 6.07) is 5.22. The van der Waals surface area contributed by atoms with Gasteiger partial charge >= 0.3 is 0 Å². The highest BCUT2D eigenvalue weighted by Gasteiger charge is 2.12. The fraction of sp³-hybridized carbons (Fsp3) is 0. The minimum atomic E-state index is -0.469. The summed E-state index contributed by atoms with van der Waals surface area (Å²) >= 11 is 5.96. The molecule has 0 spiro atoms. The molecule has 0 unspecified atom stereocenters. The Hall–Kier alpha value is -2.01. The van der Waals surface area contributed by atoms with Crippen LogP contribution < -0.4 is 0 Å². The molecule has 0 atom stereocenters. The van der Waals surface area contributed by atoms with Gasteiger partial charge in [-0.3, -0.25) is 0 Å². The van der Waals surface area contributed by atoms with Crippen LogP contribution in [0.2, 0.25) is 5.02 Å². The minimum Gasteiger partial charge on any atom is -0.218 e. The number of nitrogens with zero attached hydrogens (tertiary/aromatic N) is 3. The lowest BCUT2D eigenvalue weighted by atomic mass is 10.1. The maximum atomic E-state index is 13.5. The molecular formula is C12H6ClF2N3. The zero-order valence-corrected chi connectivity index (χ0v) is 9.70. The summed E-state index contributed by atoms with van der Waals surface area (Å²) in [5, 5.41) is 4.06. The van der Waals surface area contributed by atoms with Gasteiger partial charge in [0.05, 0.1) is 11.2 Å². The molecule has 3 rings (SSSR count). The predicted molar refractivity (Wildman–Crippen MR) is 63.3 cm³/mol. The number of rotatable bonds is 1. The van der Waals surface area contributed by atoms with Crippen LogP contribution in [0, 0.1) is 11.6 Å². The second kappa shape index (κ2) is 4.03. The number of fused-ring (bicyclic) bond motifs is 1.